The van der Waals surface area contributed by atoms with Gasteiger partial charge in [-0.2, -0.15) is 0 Å². The topological polar surface area (TPSA) is 40.8 Å². The van der Waals surface area contributed by atoms with E-state index in [4.69, 9.17) is 0 Å². The largest absolute Gasteiger partial charge is 0.300 e. The summed E-state index contributed by atoms with van der Waals surface area (Å²) < 4.78 is 2.19. The number of fused-ring (bicyclic) bond motifs is 8. The molecule has 1 aromatic heterocycles. The minimum atomic E-state index is 0.491. The molecule has 0 aliphatic rings. The molecule has 1 heterocycles. The SMILES string of the molecule is N=C(c1ccc2ccccc2c1)c1ccccc1Nn1c2ccc3ccccc3c2c2c3ccccc3ccc21. The molecule has 40 heavy (non-hydrogen) atoms. The molecule has 0 radical (unpaired) electrons. The lowest BCUT2D eigenvalue weighted by atomic mass is 9.98. The van der Waals surface area contributed by atoms with Gasteiger partial charge in [0.2, 0.25) is 0 Å². The fourth-order valence-electron chi connectivity index (χ4n) is 6.09. The van der Waals surface area contributed by atoms with Gasteiger partial charge >= 0.3 is 0 Å². The molecule has 3 heteroatoms. The number of aromatic nitrogens is 1. The van der Waals surface area contributed by atoms with Crippen LogP contribution in [0.3, 0.4) is 0 Å². The van der Waals surface area contributed by atoms with Gasteiger partial charge < -0.3 is 0 Å². The molecule has 8 rings (SSSR count). The zero-order valence-electron chi connectivity index (χ0n) is 21.7. The molecule has 2 N–H and O–H groups in total. The van der Waals surface area contributed by atoms with Gasteiger partial charge in [-0.1, -0.05) is 115 Å². The first-order valence-electron chi connectivity index (χ1n) is 13.5. The molecule has 3 nitrogen and oxygen atoms in total. The summed E-state index contributed by atoms with van der Waals surface area (Å²) in [6, 6.07) is 48.7. The van der Waals surface area contributed by atoms with Crippen LogP contribution in [0.2, 0.25) is 0 Å². The molecule has 0 saturated heterocycles. The first-order valence-corrected chi connectivity index (χ1v) is 13.5. The van der Waals surface area contributed by atoms with Crippen LogP contribution in [-0.2, 0) is 0 Å². The summed E-state index contributed by atoms with van der Waals surface area (Å²) in [6.07, 6.45) is 0. The Labute approximate surface area is 231 Å². The van der Waals surface area contributed by atoms with Gasteiger partial charge in [0, 0.05) is 21.9 Å². The Morgan fingerprint density at radius 3 is 1.70 bits per heavy atom. The maximum absolute atomic E-state index is 9.21. The van der Waals surface area contributed by atoms with Crippen molar-refractivity contribution in [3.63, 3.8) is 0 Å². The van der Waals surface area contributed by atoms with Gasteiger partial charge in [-0.3, -0.25) is 15.5 Å². The Kier molecular flexibility index (Phi) is 4.98. The van der Waals surface area contributed by atoms with Crippen LogP contribution in [0, 0.1) is 5.41 Å². The van der Waals surface area contributed by atoms with Crippen molar-refractivity contribution >= 4 is 65.5 Å². The predicted molar refractivity (Wildman–Crippen MR) is 170 cm³/mol. The highest BCUT2D eigenvalue weighted by Crippen LogP contribution is 2.39. The van der Waals surface area contributed by atoms with Gasteiger partial charge in [0.05, 0.1) is 22.4 Å². The third-order valence-electron chi connectivity index (χ3n) is 8.01. The number of nitrogens with zero attached hydrogens (tertiary/aromatic N) is 1. The quantitative estimate of drug-likeness (QED) is 0.227. The molecule has 0 aliphatic carbocycles. The van der Waals surface area contributed by atoms with Crippen molar-refractivity contribution in [3.05, 3.63) is 151 Å². The van der Waals surface area contributed by atoms with Crippen molar-refractivity contribution in [2.45, 2.75) is 0 Å². The number of para-hydroxylation sites is 1. The molecule has 0 bridgehead atoms. The summed E-state index contributed by atoms with van der Waals surface area (Å²) >= 11 is 0. The fourth-order valence-corrected chi connectivity index (χ4v) is 6.09. The van der Waals surface area contributed by atoms with E-state index in [1.165, 1.54) is 37.7 Å². The van der Waals surface area contributed by atoms with Crippen molar-refractivity contribution in [3.8, 4) is 0 Å². The first kappa shape index (κ1) is 22.6. The average molecular weight is 512 g/mol. The summed E-state index contributed by atoms with van der Waals surface area (Å²) in [4.78, 5) is 0. The predicted octanol–water partition coefficient (Wildman–Crippen LogP) is 9.55. The minimum Gasteiger partial charge on any atom is -0.300 e. The summed E-state index contributed by atoms with van der Waals surface area (Å²) in [7, 11) is 0. The van der Waals surface area contributed by atoms with E-state index in [-0.39, 0.29) is 0 Å². The third kappa shape index (κ3) is 3.41. The van der Waals surface area contributed by atoms with Gasteiger partial charge in [0.1, 0.15) is 0 Å². The van der Waals surface area contributed by atoms with Crippen LogP contribution in [0.1, 0.15) is 11.1 Å². The van der Waals surface area contributed by atoms with E-state index < -0.39 is 0 Å². The van der Waals surface area contributed by atoms with Gasteiger partial charge in [0.25, 0.3) is 0 Å². The summed E-state index contributed by atoms with van der Waals surface area (Å²) in [5.74, 6) is 0. The number of hydrogen-bond donors (Lipinski definition) is 2. The molecule has 8 aromatic rings. The van der Waals surface area contributed by atoms with E-state index >= 15 is 0 Å². The molecule has 7 aromatic carbocycles. The van der Waals surface area contributed by atoms with E-state index in [0.717, 1.165) is 33.2 Å². The average Bonchev–Trinajstić information content (AvgIpc) is 3.35. The number of hydrogen-bond acceptors (Lipinski definition) is 2. The lowest BCUT2D eigenvalue weighted by Gasteiger charge is -2.16. The van der Waals surface area contributed by atoms with Crippen LogP contribution >= 0.6 is 0 Å². The summed E-state index contributed by atoms with van der Waals surface area (Å²) in [5, 5.41) is 18.9. The molecule has 0 atom stereocenters. The van der Waals surface area contributed by atoms with E-state index in [1.54, 1.807) is 0 Å². The van der Waals surface area contributed by atoms with E-state index in [1.807, 2.05) is 36.4 Å². The second kappa shape index (κ2) is 8.82. The minimum absolute atomic E-state index is 0.491. The van der Waals surface area contributed by atoms with Crippen LogP contribution in [-0.4, -0.2) is 10.4 Å². The lowest BCUT2D eigenvalue weighted by Crippen LogP contribution is -2.13. The number of benzene rings is 7. The molecular weight excluding hydrogens is 486 g/mol. The maximum Gasteiger partial charge on any atom is 0.0716 e. The standard InChI is InChI=1S/C37H25N3/c38-37(28-18-17-24-9-1-2-12-27(24)23-28)31-15-7-8-16-32(31)39-40-33-21-19-25-10-3-5-13-29(25)35(33)36-30-14-6-4-11-26(30)20-22-34(36)40/h1-23,38-39H. The number of anilines is 1. The maximum atomic E-state index is 9.21. The monoisotopic (exact) mass is 511 g/mol. The van der Waals surface area contributed by atoms with E-state index in [9.17, 15) is 5.41 Å². The Bertz CT molecular complexity index is 2180. The Hall–Kier alpha value is -5.41. The second-order valence-corrected chi connectivity index (χ2v) is 10.3. The molecule has 0 unspecified atom stereocenters. The van der Waals surface area contributed by atoms with E-state index in [0.29, 0.717) is 5.71 Å². The lowest BCUT2D eigenvalue weighted by molar-refractivity contribution is 1.06. The van der Waals surface area contributed by atoms with Gasteiger partial charge in [0.15, 0.2) is 0 Å². The second-order valence-electron chi connectivity index (χ2n) is 10.3. The van der Waals surface area contributed by atoms with Crippen LogP contribution in [0.5, 0.6) is 0 Å². The molecule has 0 saturated carbocycles. The molecule has 0 amide bonds. The van der Waals surface area contributed by atoms with Crippen molar-refractivity contribution in [1.82, 2.24) is 4.68 Å². The van der Waals surface area contributed by atoms with Crippen molar-refractivity contribution in [2.75, 3.05) is 5.43 Å². The molecule has 0 aliphatic heterocycles. The first-order chi connectivity index (χ1) is 19.8. The molecule has 0 spiro atoms. The third-order valence-corrected chi connectivity index (χ3v) is 8.01. The highest BCUT2D eigenvalue weighted by molar-refractivity contribution is 6.28. The van der Waals surface area contributed by atoms with Crippen LogP contribution < -0.4 is 5.43 Å². The van der Waals surface area contributed by atoms with Gasteiger partial charge in [-0.25, -0.2) is 0 Å². The number of rotatable bonds is 4. The zero-order chi connectivity index (χ0) is 26.6. The van der Waals surface area contributed by atoms with Crippen LogP contribution in [0.25, 0.3) is 54.1 Å². The van der Waals surface area contributed by atoms with Gasteiger partial charge in [-0.15, -0.1) is 0 Å². The van der Waals surface area contributed by atoms with Gasteiger partial charge in [-0.05, 0) is 56.6 Å². The highest BCUT2D eigenvalue weighted by atomic mass is 15.4. The molecule has 188 valence electrons. The van der Waals surface area contributed by atoms with E-state index in [2.05, 4.69) is 113 Å². The normalized spacial score (nSPS) is 11.6. The molecule has 0 fully saturated rings. The van der Waals surface area contributed by atoms with Crippen molar-refractivity contribution < 1.29 is 0 Å². The van der Waals surface area contributed by atoms with Crippen molar-refractivity contribution in [1.29, 1.82) is 5.41 Å². The Balaban J connectivity index is 1.35. The summed E-state index contributed by atoms with van der Waals surface area (Å²) in [6.45, 7) is 0. The summed E-state index contributed by atoms with van der Waals surface area (Å²) in [5.41, 5.74) is 9.08. The smallest absolute Gasteiger partial charge is 0.0716 e. The highest BCUT2D eigenvalue weighted by Gasteiger charge is 2.18. The fraction of sp³-hybridized carbons (Fsp3) is 0. The Morgan fingerprint density at radius 1 is 0.500 bits per heavy atom. The van der Waals surface area contributed by atoms with Crippen LogP contribution in [0.15, 0.2) is 140 Å². The van der Waals surface area contributed by atoms with Crippen molar-refractivity contribution in [2.24, 2.45) is 0 Å². The number of nitrogens with one attached hydrogen (secondary N) is 2. The van der Waals surface area contributed by atoms with Crippen LogP contribution in [0.4, 0.5) is 5.69 Å². The zero-order valence-corrected chi connectivity index (χ0v) is 21.7. The Morgan fingerprint density at radius 2 is 1.02 bits per heavy atom. The molecular formula is C37H25N3.